The maximum absolute atomic E-state index is 12.2. The Balaban J connectivity index is 2.05. The second-order valence-corrected chi connectivity index (χ2v) is 7.41. The molecule has 0 aliphatic carbocycles. The Hall–Kier alpha value is -1.34. The average Bonchev–Trinajstić information content (AvgIpc) is 2.41. The topological polar surface area (TPSA) is 88.2 Å². The molecule has 0 unspecified atom stereocenters. The van der Waals surface area contributed by atoms with Crippen molar-refractivity contribution in [2.24, 2.45) is 0 Å². The van der Waals surface area contributed by atoms with E-state index in [2.05, 4.69) is 15.6 Å². The van der Waals surface area contributed by atoms with Crippen LogP contribution in [0.25, 0.3) is 0 Å². The van der Waals surface area contributed by atoms with Gasteiger partial charge in [0.1, 0.15) is 15.7 Å². The lowest BCUT2D eigenvalue weighted by Crippen LogP contribution is -2.41. The summed E-state index contributed by atoms with van der Waals surface area (Å²) in [6.07, 6.45) is 2.29. The maximum Gasteiger partial charge on any atom is 0.253 e. The molecule has 0 bridgehead atoms. The van der Waals surface area contributed by atoms with Crippen LogP contribution in [0.5, 0.6) is 0 Å². The first-order chi connectivity index (χ1) is 9.41. The Morgan fingerprint density at radius 2 is 2.05 bits per heavy atom. The quantitative estimate of drug-likeness (QED) is 0.871. The van der Waals surface area contributed by atoms with Gasteiger partial charge in [0.2, 0.25) is 0 Å². The predicted octanol–water partition coefficient (Wildman–Crippen LogP) is 1.08. The summed E-state index contributed by atoms with van der Waals surface area (Å²) in [6.45, 7) is 0. The molecule has 2 N–H and O–H groups in total. The third-order valence-corrected chi connectivity index (χ3v) is 5.26. The summed E-state index contributed by atoms with van der Waals surface area (Å²) in [7, 11) is -1.23. The molecule has 2 rings (SSSR count). The lowest BCUT2D eigenvalue weighted by atomic mass is 10.1. The van der Waals surface area contributed by atoms with Gasteiger partial charge in [0, 0.05) is 19.3 Å². The smallest absolute Gasteiger partial charge is 0.253 e. The fourth-order valence-electron chi connectivity index (χ4n) is 2.05. The van der Waals surface area contributed by atoms with Gasteiger partial charge in [-0.3, -0.25) is 4.79 Å². The second-order valence-electron chi connectivity index (χ2n) is 4.70. The maximum atomic E-state index is 12.2. The highest BCUT2D eigenvalue weighted by Gasteiger charge is 2.25. The second kappa shape index (κ2) is 5.97. The van der Waals surface area contributed by atoms with Crippen LogP contribution in [0, 0.1) is 0 Å². The molecule has 1 aliphatic rings. The van der Waals surface area contributed by atoms with Gasteiger partial charge >= 0.3 is 0 Å². The van der Waals surface area contributed by atoms with Crippen LogP contribution in [0.3, 0.4) is 0 Å². The van der Waals surface area contributed by atoms with Crippen molar-refractivity contribution in [3.8, 4) is 0 Å². The van der Waals surface area contributed by atoms with Crippen LogP contribution in [0.2, 0.25) is 5.02 Å². The Labute approximate surface area is 122 Å². The first-order valence-corrected chi connectivity index (χ1v) is 8.46. The van der Waals surface area contributed by atoms with Gasteiger partial charge in [0.05, 0.1) is 22.1 Å². The normalized spacial score (nSPS) is 18.5. The SMILES string of the molecule is CNc1cc(C(=O)NC2CCS(=O)(=O)CC2)c(Cl)cn1. The van der Waals surface area contributed by atoms with E-state index in [1.807, 2.05) is 0 Å². The van der Waals surface area contributed by atoms with Gasteiger partial charge in [-0.1, -0.05) is 11.6 Å². The van der Waals surface area contributed by atoms with E-state index >= 15 is 0 Å². The van der Waals surface area contributed by atoms with Crippen LogP contribution >= 0.6 is 11.6 Å². The van der Waals surface area contributed by atoms with E-state index in [9.17, 15) is 13.2 Å². The Bertz CT molecular complexity index is 604. The van der Waals surface area contributed by atoms with E-state index in [0.29, 0.717) is 24.2 Å². The number of pyridine rings is 1. The number of amides is 1. The van der Waals surface area contributed by atoms with E-state index in [0.717, 1.165) is 0 Å². The van der Waals surface area contributed by atoms with Crippen molar-refractivity contribution < 1.29 is 13.2 Å². The third kappa shape index (κ3) is 3.61. The Kier molecular flexibility index (Phi) is 4.49. The highest BCUT2D eigenvalue weighted by atomic mass is 35.5. The first kappa shape index (κ1) is 15.1. The number of anilines is 1. The number of hydrogen-bond donors (Lipinski definition) is 2. The summed E-state index contributed by atoms with van der Waals surface area (Å²) in [5, 5.41) is 5.92. The Morgan fingerprint density at radius 3 is 2.65 bits per heavy atom. The van der Waals surface area contributed by atoms with Crippen LogP contribution in [0.1, 0.15) is 23.2 Å². The van der Waals surface area contributed by atoms with Crippen LogP contribution in [0.4, 0.5) is 5.82 Å². The van der Waals surface area contributed by atoms with Gasteiger partial charge in [-0.25, -0.2) is 13.4 Å². The number of carbonyl (C=O) groups is 1. The minimum atomic E-state index is -2.93. The van der Waals surface area contributed by atoms with Crippen LogP contribution < -0.4 is 10.6 Å². The number of nitrogens with one attached hydrogen (secondary N) is 2. The van der Waals surface area contributed by atoms with Crippen LogP contribution in [0.15, 0.2) is 12.3 Å². The van der Waals surface area contributed by atoms with E-state index in [-0.39, 0.29) is 28.5 Å². The standard InChI is InChI=1S/C12H16ClN3O3S/c1-14-11-6-9(10(13)7-15-11)12(17)16-8-2-4-20(18,19)5-3-8/h6-8H,2-5H2,1H3,(H,14,15)(H,16,17). The van der Waals surface area contributed by atoms with Crippen molar-refractivity contribution in [3.63, 3.8) is 0 Å². The largest absolute Gasteiger partial charge is 0.373 e. The summed E-state index contributed by atoms with van der Waals surface area (Å²) in [5.74, 6) is 0.470. The van der Waals surface area contributed by atoms with Crippen LogP contribution in [-0.2, 0) is 9.84 Å². The molecule has 0 radical (unpaired) electrons. The summed E-state index contributed by atoms with van der Waals surface area (Å²) in [6, 6.07) is 1.44. The lowest BCUT2D eigenvalue weighted by molar-refractivity contribution is 0.0934. The van der Waals surface area contributed by atoms with Crippen molar-refractivity contribution >= 4 is 33.2 Å². The predicted molar refractivity (Wildman–Crippen MR) is 77.9 cm³/mol. The van der Waals surface area contributed by atoms with Gasteiger partial charge in [-0.05, 0) is 18.9 Å². The van der Waals surface area contributed by atoms with Gasteiger partial charge in [0.15, 0.2) is 0 Å². The molecule has 0 spiro atoms. The zero-order chi connectivity index (χ0) is 14.8. The van der Waals surface area contributed by atoms with Crippen molar-refractivity contribution in [1.82, 2.24) is 10.3 Å². The minimum absolute atomic E-state index is 0.115. The van der Waals surface area contributed by atoms with E-state index in [1.54, 1.807) is 13.1 Å². The molecule has 1 fully saturated rings. The van der Waals surface area contributed by atoms with Crippen molar-refractivity contribution in [3.05, 3.63) is 22.8 Å². The number of sulfone groups is 1. The molecule has 20 heavy (non-hydrogen) atoms. The molecule has 6 nitrogen and oxygen atoms in total. The fraction of sp³-hybridized carbons (Fsp3) is 0.500. The molecule has 1 aromatic heterocycles. The molecule has 0 aromatic carbocycles. The zero-order valence-electron chi connectivity index (χ0n) is 11.0. The molecular weight excluding hydrogens is 302 g/mol. The molecule has 1 amide bonds. The monoisotopic (exact) mass is 317 g/mol. The minimum Gasteiger partial charge on any atom is -0.373 e. The van der Waals surface area contributed by atoms with Gasteiger partial charge in [-0.15, -0.1) is 0 Å². The molecule has 0 atom stereocenters. The fourth-order valence-corrected chi connectivity index (χ4v) is 3.73. The number of rotatable bonds is 3. The summed E-state index contributed by atoms with van der Waals surface area (Å²) < 4.78 is 22.7. The molecular formula is C12H16ClN3O3S. The molecule has 8 heteroatoms. The average molecular weight is 318 g/mol. The molecule has 1 aliphatic heterocycles. The lowest BCUT2D eigenvalue weighted by Gasteiger charge is -2.23. The van der Waals surface area contributed by atoms with Crippen LogP contribution in [-0.4, -0.2) is 43.9 Å². The molecule has 2 heterocycles. The number of carbonyl (C=O) groups excluding carboxylic acids is 1. The summed E-state index contributed by atoms with van der Waals surface area (Å²) in [5.41, 5.74) is 0.333. The highest BCUT2D eigenvalue weighted by Crippen LogP contribution is 2.19. The van der Waals surface area contributed by atoms with Crippen molar-refractivity contribution in [2.75, 3.05) is 23.9 Å². The molecule has 0 saturated carbocycles. The Morgan fingerprint density at radius 1 is 1.40 bits per heavy atom. The number of halogens is 1. The van der Waals surface area contributed by atoms with Gasteiger partial charge in [-0.2, -0.15) is 0 Å². The molecule has 1 saturated heterocycles. The number of hydrogen-bond acceptors (Lipinski definition) is 5. The van der Waals surface area contributed by atoms with E-state index in [1.165, 1.54) is 6.20 Å². The zero-order valence-corrected chi connectivity index (χ0v) is 12.6. The molecule has 1 aromatic rings. The number of nitrogens with zero attached hydrogens (tertiary/aromatic N) is 1. The van der Waals surface area contributed by atoms with Gasteiger partial charge in [0.25, 0.3) is 5.91 Å². The first-order valence-electron chi connectivity index (χ1n) is 6.26. The summed E-state index contributed by atoms with van der Waals surface area (Å²) >= 11 is 5.96. The van der Waals surface area contributed by atoms with Crippen molar-refractivity contribution in [2.45, 2.75) is 18.9 Å². The van der Waals surface area contributed by atoms with E-state index < -0.39 is 9.84 Å². The highest BCUT2D eigenvalue weighted by molar-refractivity contribution is 7.91. The summed E-state index contributed by atoms with van der Waals surface area (Å²) in [4.78, 5) is 16.2. The van der Waals surface area contributed by atoms with Gasteiger partial charge < -0.3 is 10.6 Å². The van der Waals surface area contributed by atoms with Crippen molar-refractivity contribution in [1.29, 1.82) is 0 Å². The van der Waals surface area contributed by atoms with E-state index in [4.69, 9.17) is 11.6 Å². The molecule has 110 valence electrons. The third-order valence-electron chi connectivity index (χ3n) is 3.25. The number of aromatic nitrogens is 1.